The van der Waals surface area contributed by atoms with Crippen molar-refractivity contribution < 1.29 is 0 Å². The standard InChI is InChI=1S/C10H19N3/c1-3-4-5-10(11)6-9-7-12-13(2)8-9/h7-8,10H,3-6,11H2,1-2H3. The molecule has 1 atom stereocenters. The summed E-state index contributed by atoms with van der Waals surface area (Å²) in [5, 5.41) is 4.11. The minimum absolute atomic E-state index is 0.296. The summed E-state index contributed by atoms with van der Waals surface area (Å²) < 4.78 is 1.82. The van der Waals surface area contributed by atoms with E-state index in [4.69, 9.17) is 5.73 Å². The number of hydrogen-bond acceptors (Lipinski definition) is 2. The SMILES string of the molecule is CCCCC(N)Cc1cnn(C)c1. The van der Waals surface area contributed by atoms with Gasteiger partial charge in [-0.1, -0.05) is 19.8 Å². The molecule has 3 heteroatoms. The lowest BCUT2D eigenvalue weighted by Crippen LogP contribution is -2.22. The molecule has 0 spiro atoms. The van der Waals surface area contributed by atoms with Crippen molar-refractivity contribution in [3.05, 3.63) is 18.0 Å². The van der Waals surface area contributed by atoms with Gasteiger partial charge >= 0.3 is 0 Å². The average molecular weight is 181 g/mol. The van der Waals surface area contributed by atoms with Crippen molar-refractivity contribution in [2.24, 2.45) is 12.8 Å². The summed E-state index contributed by atoms with van der Waals surface area (Å²) in [4.78, 5) is 0. The normalized spacial score (nSPS) is 13.2. The zero-order valence-corrected chi connectivity index (χ0v) is 8.53. The number of rotatable bonds is 5. The van der Waals surface area contributed by atoms with Gasteiger partial charge < -0.3 is 5.73 Å². The van der Waals surface area contributed by atoms with E-state index in [1.165, 1.54) is 18.4 Å². The van der Waals surface area contributed by atoms with Gasteiger partial charge in [0.05, 0.1) is 6.20 Å². The zero-order valence-electron chi connectivity index (χ0n) is 8.53. The van der Waals surface area contributed by atoms with Gasteiger partial charge in [0.1, 0.15) is 0 Å². The lowest BCUT2D eigenvalue weighted by molar-refractivity contribution is 0.573. The first kappa shape index (κ1) is 10.3. The van der Waals surface area contributed by atoms with Crippen molar-refractivity contribution in [1.29, 1.82) is 0 Å². The zero-order chi connectivity index (χ0) is 9.68. The van der Waals surface area contributed by atoms with Crippen LogP contribution in [0.5, 0.6) is 0 Å². The fourth-order valence-corrected chi connectivity index (χ4v) is 1.45. The van der Waals surface area contributed by atoms with Crippen LogP contribution in [0.1, 0.15) is 31.7 Å². The Morgan fingerprint density at radius 1 is 1.62 bits per heavy atom. The third kappa shape index (κ3) is 3.59. The molecule has 1 heterocycles. The molecule has 3 nitrogen and oxygen atoms in total. The molecule has 0 amide bonds. The quantitative estimate of drug-likeness (QED) is 0.747. The highest BCUT2D eigenvalue weighted by Crippen LogP contribution is 2.05. The molecule has 74 valence electrons. The van der Waals surface area contributed by atoms with Crippen LogP contribution in [-0.2, 0) is 13.5 Å². The molecule has 0 aromatic carbocycles. The molecule has 0 aliphatic heterocycles. The van der Waals surface area contributed by atoms with Crippen LogP contribution in [0.25, 0.3) is 0 Å². The van der Waals surface area contributed by atoms with E-state index in [1.807, 2.05) is 24.1 Å². The van der Waals surface area contributed by atoms with E-state index in [1.54, 1.807) is 0 Å². The van der Waals surface area contributed by atoms with Gasteiger partial charge in [0.25, 0.3) is 0 Å². The van der Waals surface area contributed by atoms with E-state index in [2.05, 4.69) is 12.0 Å². The second-order valence-electron chi connectivity index (χ2n) is 3.63. The fourth-order valence-electron chi connectivity index (χ4n) is 1.45. The van der Waals surface area contributed by atoms with Crippen LogP contribution in [0.15, 0.2) is 12.4 Å². The average Bonchev–Trinajstić information content (AvgIpc) is 2.48. The summed E-state index contributed by atoms with van der Waals surface area (Å²) in [7, 11) is 1.93. The first-order valence-electron chi connectivity index (χ1n) is 4.95. The van der Waals surface area contributed by atoms with Crippen molar-refractivity contribution in [2.75, 3.05) is 0 Å². The number of hydrogen-bond donors (Lipinski definition) is 1. The Morgan fingerprint density at radius 3 is 2.92 bits per heavy atom. The fraction of sp³-hybridized carbons (Fsp3) is 0.700. The Kier molecular flexibility index (Phi) is 3.96. The summed E-state index contributed by atoms with van der Waals surface area (Å²) >= 11 is 0. The number of nitrogens with zero attached hydrogens (tertiary/aromatic N) is 2. The van der Waals surface area contributed by atoms with Crippen molar-refractivity contribution in [2.45, 2.75) is 38.6 Å². The predicted molar refractivity (Wildman–Crippen MR) is 54.4 cm³/mol. The van der Waals surface area contributed by atoms with E-state index < -0.39 is 0 Å². The molecule has 1 aromatic rings. The van der Waals surface area contributed by atoms with Crippen LogP contribution >= 0.6 is 0 Å². The topological polar surface area (TPSA) is 43.8 Å². The highest BCUT2D eigenvalue weighted by atomic mass is 15.2. The van der Waals surface area contributed by atoms with Crippen LogP contribution < -0.4 is 5.73 Å². The van der Waals surface area contributed by atoms with Crippen molar-refractivity contribution in [3.8, 4) is 0 Å². The van der Waals surface area contributed by atoms with Crippen molar-refractivity contribution in [1.82, 2.24) is 9.78 Å². The third-order valence-electron chi connectivity index (χ3n) is 2.18. The highest BCUT2D eigenvalue weighted by Gasteiger charge is 2.04. The van der Waals surface area contributed by atoms with Gasteiger partial charge in [-0.25, -0.2) is 0 Å². The Bertz CT molecular complexity index is 242. The number of unbranched alkanes of at least 4 members (excludes halogenated alkanes) is 1. The van der Waals surface area contributed by atoms with Gasteiger partial charge in [-0.15, -0.1) is 0 Å². The molecule has 0 aliphatic carbocycles. The molecule has 0 saturated carbocycles. The summed E-state index contributed by atoms with van der Waals surface area (Å²) in [6, 6.07) is 0.296. The smallest absolute Gasteiger partial charge is 0.0522 e. The van der Waals surface area contributed by atoms with E-state index in [9.17, 15) is 0 Å². The van der Waals surface area contributed by atoms with Crippen LogP contribution in [0.4, 0.5) is 0 Å². The Labute approximate surface area is 79.9 Å². The van der Waals surface area contributed by atoms with Gasteiger partial charge in [-0.3, -0.25) is 4.68 Å². The summed E-state index contributed by atoms with van der Waals surface area (Å²) in [6.07, 6.45) is 8.44. The molecule has 0 aliphatic rings. The second-order valence-corrected chi connectivity index (χ2v) is 3.63. The van der Waals surface area contributed by atoms with E-state index in [-0.39, 0.29) is 0 Å². The van der Waals surface area contributed by atoms with Crippen molar-refractivity contribution >= 4 is 0 Å². The second kappa shape index (κ2) is 5.02. The monoisotopic (exact) mass is 181 g/mol. The number of aromatic nitrogens is 2. The molecule has 0 saturated heterocycles. The number of aryl methyl sites for hydroxylation is 1. The molecule has 1 unspecified atom stereocenters. The minimum Gasteiger partial charge on any atom is -0.327 e. The van der Waals surface area contributed by atoms with E-state index in [0.717, 1.165) is 12.8 Å². The molecular weight excluding hydrogens is 162 g/mol. The van der Waals surface area contributed by atoms with Crippen molar-refractivity contribution in [3.63, 3.8) is 0 Å². The Morgan fingerprint density at radius 2 is 2.38 bits per heavy atom. The van der Waals surface area contributed by atoms with Gasteiger partial charge in [-0.05, 0) is 18.4 Å². The maximum Gasteiger partial charge on any atom is 0.0522 e. The van der Waals surface area contributed by atoms with Gasteiger partial charge in [0.2, 0.25) is 0 Å². The summed E-state index contributed by atoms with van der Waals surface area (Å²) in [6.45, 7) is 2.19. The Hall–Kier alpha value is -0.830. The van der Waals surface area contributed by atoms with E-state index in [0.29, 0.717) is 6.04 Å². The Balaban J connectivity index is 2.31. The third-order valence-corrected chi connectivity index (χ3v) is 2.18. The molecule has 1 aromatic heterocycles. The van der Waals surface area contributed by atoms with E-state index >= 15 is 0 Å². The highest BCUT2D eigenvalue weighted by molar-refractivity contribution is 5.05. The molecule has 2 N–H and O–H groups in total. The lowest BCUT2D eigenvalue weighted by Gasteiger charge is -2.08. The van der Waals surface area contributed by atoms with Gasteiger partial charge in [-0.2, -0.15) is 5.10 Å². The van der Waals surface area contributed by atoms with Crippen LogP contribution in [0.3, 0.4) is 0 Å². The molecule has 0 radical (unpaired) electrons. The lowest BCUT2D eigenvalue weighted by atomic mass is 10.0. The largest absolute Gasteiger partial charge is 0.327 e. The molecule has 0 fully saturated rings. The maximum atomic E-state index is 5.96. The maximum absolute atomic E-state index is 5.96. The first-order valence-corrected chi connectivity index (χ1v) is 4.95. The van der Waals surface area contributed by atoms with Gasteiger partial charge in [0, 0.05) is 19.3 Å². The van der Waals surface area contributed by atoms with Gasteiger partial charge in [0.15, 0.2) is 0 Å². The molecular formula is C10H19N3. The predicted octanol–water partition coefficient (Wildman–Crippen LogP) is 1.48. The molecule has 1 rings (SSSR count). The molecule has 13 heavy (non-hydrogen) atoms. The summed E-state index contributed by atoms with van der Waals surface area (Å²) in [5.74, 6) is 0. The van der Waals surface area contributed by atoms with Crippen LogP contribution in [-0.4, -0.2) is 15.8 Å². The number of nitrogens with two attached hydrogens (primary N) is 1. The minimum atomic E-state index is 0.296. The van der Waals surface area contributed by atoms with Crippen LogP contribution in [0.2, 0.25) is 0 Å². The molecule has 0 bridgehead atoms. The van der Waals surface area contributed by atoms with Crippen LogP contribution in [0, 0.1) is 0 Å². The first-order chi connectivity index (χ1) is 6.22. The summed E-state index contributed by atoms with van der Waals surface area (Å²) in [5.41, 5.74) is 7.21.